The summed E-state index contributed by atoms with van der Waals surface area (Å²) in [5.41, 5.74) is 5.05. The number of nitrogens with zero attached hydrogens (tertiary/aromatic N) is 2. The Hall–Kier alpha value is -2.70. The molecule has 166 valence electrons. The molecule has 0 atom stereocenters. The van der Waals surface area contributed by atoms with Crippen LogP contribution >= 0.6 is 11.3 Å². The second-order valence-electron chi connectivity index (χ2n) is 9.14. The van der Waals surface area contributed by atoms with E-state index in [0.717, 1.165) is 27.7 Å². The number of hydrogen-bond donors (Lipinski definition) is 1. The number of thiazole rings is 1. The first kappa shape index (κ1) is 21.2. The van der Waals surface area contributed by atoms with Crippen LogP contribution in [-0.4, -0.2) is 40.2 Å². The summed E-state index contributed by atoms with van der Waals surface area (Å²) in [6, 6.07) is 14.9. The van der Waals surface area contributed by atoms with E-state index in [-0.39, 0.29) is 12.0 Å². The summed E-state index contributed by atoms with van der Waals surface area (Å²) in [4.78, 5) is 19.2. The Morgan fingerprint density at radius 3 is 2.53 bits per heavy atom. The van der Waals surface area contributed by atoms with Gasteiger partial charge in [0.25, 0.3) is 0 Å². The maximum Gasteiger partial charge on any atom is 0.309 e. The average Bonchev–Trinajstić information content (AvgIpc) is 3.46. The van der Waals surface area contributed by atoms with Crippen molar-refractivity contribution in [2.75, 3.05) is 13.1 Å². The maximum absolute atomic E-state index is 11.1. The molecule has 6 heteroatoms. The van der Waals surface area contributed by atoms with Gasteiger partial charge in [0.2, 0.25) is 0 Å². The van der Waals surface area contributed by atoms with Crippen molar-refractivity contribution in [1.29, 1.82) is 0 Å². The van der Waals surface area contributed by atoms with E-state index in [1.165, 1.54) is 29.5 Å². The summed E-state index contributed by atoms with van der Waals surface area (Å²) < 4.78 is 5.74. The predicted molar refractivity (Wildman–Crippen MR) is 127 cm³/mol. The molecule has 0 amide bonds. The van der Waals surface area contributed by atoms with Crippen molar-refractivity contribution in [1.82, 2.24) is 9.88 Å². The van der Waals surface area contributed by atoms with E-state index in [1.54, 1.807) is 11.3 Å². The number of carboxylic acids is 1. The second-order valence-corrected chi connectivity index (χ2v) is 10.2. The monoisotopic (exact) mass is 448 g/mol. The molecule has 2 heterocycles. The highest BCUT2D eigenvalue weighted by atomic mass is 32.1. The minimum Gasteiger partial charge on any atom is -0.491 e. The number of carboxylic acid groups (broad SMARTS) is 1. The van der Waals surface area contributed by atoms with Gasteiger partial charge in [0, 0.05) is 31.4 Å². The third kappa shape index (κ3) is 4.57. The van der Waals surface area contributed by atoms with Crippen LogP contribution in [0.4, 0.5) is 0 Å². The van der Waals surface area contributed by atoms with Crippen LogP contribution in [0.3, 0.4) is 0 Å². The highest BCUT2D eigenvalue weighted by Gasteiger charge is 2.34. The molecule has 1 saturated heterocycles. The van der Waals surface area contributed by atoms with Gasteiger partial charge >= 0.3 is 5.97 Å². The molecule has 1 aliphatic heterocycles. The Labute approximate surface area is 192 Å². The number of aliphatic carboxylic acids is 1. The molecule has 2 fully saturated rings. The van der Waals surface area contributed by atoms with Gasteiger partial charge in [-0.15, -0.1) is 11.3 Å². The lowest BCUT2D eigenvalue weighted by molar-refractivity contribution is -0.147. The molecule has 0 radical (unpaired) electrons. The van der Waals surface area contributed by atoms with E-state index in [9.17, 15) is 4.79 Å². The van der Waals surface area contributed by atoms with Gasteiger partial charge in [-0.2, -0.15) is 0 Å². The summed E-state index contributed by atoms with van der Waals surface area (Å²) in [6.07, 6.45) is 4.60. The fourth-order valence-electron chi connectivity index (χ4n) is 4.25. The van der Waals surface area contributed by atoms with E-state index in [2.05, 4.69) is 35.2 Å². The standard InChI is InChI=1S/C26H28N2O3S/c1-16(2)31-22-9-7-18(8-10-22)24-12-27-25(32-24)19-5-6-20(23(11-19)17-3-4-17)13-28-14-21(15-28)26(29)30/h5-12,16-17,21H,3-4,13-15H2,1-2H3,(H,29,30). The molecule has 0 bridgehead atoms. The molecule has 1 aromatic heterocycles. The van der Waals surface area contributed by atoms with Crippen molar-refractivity contribution in [3.63, 3.8) is 0 Å². The largest absolute Gasteiger partial charge is 0.491 e. The molecule has 2 aliphatic rings. The smallest absolute Gasteiger partial charge is 0.309 e. The lowest BCUT2D eigenvalue weighted by Gasteiger charge is -2.37. The lowest BCUT2D eigenvalue weighted by atomic mass is 9.96. The Kier molecular flexibility index (Phi) is 5.74. The molecule has 5 nitrogen and oxygen atoms in total. The number of ether oxygens (including phenoxy) is 1. The predicted octanol–water partition coefficient (Wildman–Crippen LogP) is 5.66. The quantitative estimate of drug-likeness (QED) is 0.482. The van der Waals surface area contributed by atoms with Crippen LogP contribution in [0.15, 0.2) is 48.7 Å². The van der Waals surface area contributed by atoms with Crippen LogP contribution in [0.2, 0.25) is 0 Å². The number of likely N-dealkylation sites (tertiary alicyclic amines) is 1. The minimum atomic E-state index is -0.680. The van der Waals surface area contributed by atoms with Crippen LogP contribution in [-0.2, 0) is 11.3 Å². The van der Waals surface area contributed by atoms with Gasteiger partial charge in [-0.1, -0.05) is 12.1 Å². The van der Waals surface area contributed by atoms with E-state index >= 15 is 0 Å². The fraction of sp³-hybridized carbons (Fsp3) is 0.385. The molecule has 5 rings (SSSR count). The van der Waals surface area contributed by atoms with Crippen molar-refractivity contribution >= 4 is 17.3 Å². The zero-order chi connectivity index (χ0) is 22.2. The SMILES string of the molecule is CC(C)Oc1ccc(-c2cnc(-c3ccc(CN4CC(C(=O)O)C4)c(C4CC4)c3)s2)cc1. The van der Waals surface area contributed by atoms with Crippen LogP contribution in [0, 0.1) is 5.92 Å². The molecule has 0 unspecified atom stereocenters. The zero-order valence-electron chi connectivity index (χ0n) is 18.5. The van der Waals surface area contributed by atoms with E-state index in [4.69, 9.17) is 14.8 Å². The molecule has 1 saturated carbocycles. The number of benzene rings is 2. The van der Waals surface area contributed by atoms with Gasteiger partial charge < -0.3 is 9.84 Å². The Balaban J connectivity index is 1.33. The summed E-state index contributed by atoms with van der Waals surface area (Å²) in [6.45, 7) is 6.20. The third-order valence-corrected chi connectivity index (χ3v) is 7.22. The first-order valence-corrected chi connectivity index (χ1v) is 12.1. The molecular weight excluding hydrogens is 420 g/mol. The molecule has 32 heavy (non-hydrogen) atoms. The van der Waals surface area contributed by atoms with Crippen molar-refractivity contribution in [3.8, 4) is 26.8 Å². The van der Waals surface area contributed by atoms with Crippen LogP contribution in [0.25, 0.3) is 21.0 Å². The van der Waals surface area contributed by atoms with Gasteiger partial charge in [-0.05, 0) is 79.6 Å². The number of hydrogen-bond acceptors (Lipinski definition) is 5. The first-order valence-electron chi connectivity index (χ1n) is 11.3. The minimum absolute atomic E-state index is 0.166. The zero-order valence-corrected chi connectivity index (χ0v) is 19.3. The van der Waals surface area contributed by atoms with Gasteiger partial charge in [-0.3, -0.25) is 9.69 Å². The van der Waals surface area contributed by atoms with Crippen LogP contribution in [0.5, 0.6) is 5.75 Å². The Morgan fingerprint density at radius 2 is 1.88 bits per heavy atom. The first-order chi connectivity index (χ1) is 15.5. The van der Waals surface area contributed by atoms with Crippen molar-refractivity contribution in [2.24, 2.45) is 5.92 Å². The van der Waals surface area contributed by atoms with Gasteiger partial charge in [0.05, 0.1) is 16.9 Å². The highest BCUT2D eigenvalue weighted by molar-refractivity contribution is 7.18. The summed E-state index contributed by atoms with van der Waals surface area (Å²) in [5, 5.41) is 10.2. The molecular formula is C26H28N2O3S. The van der Waals surface area contributed by atoms with Crippen molar-refractivity contribution in [2.45, 2.75) is 45.3 Å². The van der Waals surface area contributed by atoms with Gasteiger partial charge in [0.1, 0.15) is 10.8 Å². The Bertz CT molecular complexity index is 1110. The Morgan fingerprint density at radius 1 is 1.16 bits per heavy atom. The molecule has 1 aliphatic carbocycles. The number of carbonyl (C=O) groups is 1. The van der Waals surface area contributed by atoms with E-state index in [0.29, 0.717) is 19.0 Å². The fourth-order valence-corrected chi connectivity index (χ4v) is 5.17. The number of aromatic nitrogens is 1. The van der Waals surface area contributed by atoms with Crippen LogP contribution < -0.4 is 4.74 Å². The molecule has 0 spiro atoms. The lowest BCUT2D eigenvalue weighted by Crippen LogP contribution is -2.49. The van der Waals surface area contributed by atoms with E-state index < -0.39 is 5.97 Å². The van der Waals surface area contributed by atoms with Crippen LogP contribution in [0.1, 0.15) is 43.7 Å². The number of rotatable bonds is 8. The molecule has 3 aromatic rings. The van der Waals surface area contributed by atoms with Crippen molar-refractivity contribution < 1.29 is 14.6 Å². The topological polar surface area (TPSA) is 62.7 Å². The second kappa shape index (κ2) is 8.68. The summed E-state index contributed by atoms with van der Waals surface area (Å²) in [7, 11) is 0. The average molecular weight is 449 g/mol. The molecule has 2 aromatic carbocycles. The maximum atomic E-state index is 11.1. The summed E-state index contributed by atoms with van der Waals surface area (Å²) in [5.74, 6) is 0.628. The highest BCUT2D eigenvalue weighted by Crippen LogP contribution is 2.44. The molecule has 1 N–H and O–H groups in total. The van der Waals surface area contributed by atoms with Crippen molar-refractivity contribution in [3.05, 3.63) is 59.8 Å². The van der Waals surface area contributed by atoms with Gasteiger partial charge in [-0.25, -0.2) is 4.98 Å². The summed E-state index contributed by atoms with van der Waals surface area (Å²) >= 11 is 1.71. The van der Waals surface area contributed by atoms with E-state index in [1.807, 2.05) is 32.2 Å². The normalized spacial score (nSPS) is 16.8. The van der Waals surface area contributed by atoms with Gasteiger partial charge in [0.15, 0.2) is 0 Å². The third-order valence-electron chi connectivity index (χ3n) is 6.13.